The summed E-state index contributed by atoms with van der Waals surface area (Å²) in [7, 11) is 0. The van der Waals surface area contributed by atoms with E-state index in [0.29, 0.717) is 11.3 Å². The van der Waals surface area contributed by atoms with Crippen LogP contribution in [0.5, 0.6) is 0 Å². The molecule has 0 radical (unpaired) electrons. The molecule has 3 nitrogen and oxygen atoms in total. The maximum absolute atomic E-state index is 10.1. The van der Waals surface area contributed by atoms with E-state index in [2.05, 4.69) is 0 Å². The zero-order valence-corrected chi connectivity index (χ0v) is 8.51. The fourth-order valence-electron chi connectivity index (χ4n) is 0.993. The Morgan fingerprint density at radius 3 is 2.40 bits per heavy atom. The van der Waals surface area contributed by atoms with Gasteiger partial charge in [0, 0.05) is 11.3 Å². The van der Waals surface area contributed by atoms with Gasteiger partial charge in [0.2, 0.25) is 0 Å². The average Bonchev–Trinajstić information content (AvgIpc) is 2.70. The third kappa shape index (κ3) is 4.13. The molecule has 2 aromatic rings. The van der Waals surface area contributed by atoms with Gasteiger partial charge in [0.05, 0.1) is 6.26 Å². The summed E-state index contributed by atoms with van der Waals surface area (Å²) >= 11 is 0. The first-order chi connectivity index (χ1) is 7.22. The fourth-order valence-corrected chi connectivity index (χ4v) is 0.993. The molecular weight excluding hydrogens is 190 g/mol. The lowest BCUT2D eigenvalue weighted by Gasteiger charge is -1.90. The van der Waals surface area contributed by atoms with Crippen LogP contribution in [0.3, 0.4) is 0 Å². The van der Waals surface area contributed by atoms with Crippen LogP contribution in [0.2, 0.25) is 0 Å². The Morgan fingerprint density at radius 2 is 2.07 bits per heavy atom. The molecule has 78 valence electrons. The van der Waals surface area contributed by atoms with Crippen LogP contribution in [0, 0.1) is 6.92 Å². The van der Waals surface area contributed by atoms with Gasteiger partial charge >= 0.3 is 0 Å². The molecule has 1 aromatic heterocycles. The maximum atomic E-state index is 10.1. The number of rotatable bonds is 1. The van der Waals surface area contributed by atoms with Gasteiger partial charge in [-0.05, 0) is 31.2 Å². The van der Waals surface area contributed by atoms with E-state index in [1.165, 1.54) is 0 Å². The van der Waals surface area contributed by atoms with E-state index in [0.717, 1.165) is 12.0 Å². The molecule has 0 spiro atoms. The van der Waals surface area contributed by atoms with Gasteiger partial charge in [-0.15, -0.1) is 0 Å². The molecule has 2 rings (SSSR count). The highest BCUT2D eigenvalue weighted by atomic mass is 16.3. The molecule has 0 unspecified atom stereocenters. The normalized spacial score (nSPS) is 8.87. The van der Waals surface area contributed by atoms with Crippen molar-refractivity contribution in [2.45, 2.75) is 6.92 Å². The predicted molar refractivity (Wildman–Crippen MR) is 59.7 cm³/mol. The molecule has 0 amide bonds. The molecular formula is C12H13NO2. The van der Waals surface area contributed by atoms with Crippen LogP contribution in [0.15, 0.2) is 47.1 Å². The summed E-state index contributed by atoms with van der Waals surface area (Å²) in [6.45, 7) is 1.92. The average molecular weight is 203 g/mol. The van der Waals surface area contributed by atoms with Crippen LogP contribution in [0.4, 0.5) is 5.69 Å². The number of aryl methyl sites for hydroxylation is 1. The summed E-state index contributed by atoms with van der Waals surface area (Å²) in [5.41, 5.74) is 6.62. The maximum Gasteiger partial charge on any atom is 0.150 e. The number of carbonyl (C=O) groups excluding carboxylic acids is 1. The SMILES string of the molecule is Cc1ccco1.Nc1cccc(C=O)c1. The zero-order chi connectivity index (χ0) is 11.1. The second-order valence-electron chi connectivity index (χ2n) is 3.01. The van der Waals surface area contributed by atoms with Crippen molar-refractivity contribution in [3.63, 3.8) is 0 Å². The molecule has 0 atom stereocenters. The Labute approximate surface area is 88.5 Å². The van der Waals surface area contributed by atoms with Crippen LogP contribution < -0.4 is 5.73 Å². The van der Waals surface area contributed by atoms with Crippen molar-refractivity contribution >= 4 is 12.0 Å². The number of nitrogen functional groups attached to an aromatic ring is 1. The van der Waals surface area contributed by atoms with Crippen LogP contribution in [0.1, 0.15) is 16.1 Å². The fraction of sp³-hybridized carbons (Fsp3) is 0.0833. The lowest BCUT2D eigenvalue weighted by atomic mass is 10.2. The standard InChI is InChI=1S/C7H7NO.C5H6O/c8-7-3-1-2-6(4-7)5-9;1-5-3-2-4-6-5/h1-5H,8H2;2-4H,1H3. The molecule has 0 saturated carbocycles. The molecule has 1 heterocycles. The Hall–Kier alpha value is -2.03. The van der Waals surface area contributed by atoms with Gasteiger partial charge in [0.15, 0.2) is 0 Å². The second kappa shape index (κ2) is 5.65. The lowest BCUT2D eigenvalue weighted by molar-refractivity contribution is 0.112. The Morgan fingerprint density at radius 1 is 1.27 bits per heavy atom. The molecule has 3 heteroatoms. The minimum Gasteiger partial charge on any atom is -0.470 e. The van der Waals surface area contributed by atoms with Crippen molar-refractivity contribution in [3.05, 3.63) is 54.0 Å². The summed E-state index contributed by atoms with van der Waals surface area (Å²) in [5.74, 6) is 0.968. The first kappa shape index (κ1) is 11.0. The summed E-state index contributed by atoms with van der Waals surface area (Å²) < 4.78 is 4.83. The van der Waals surface area contributed by atoms with Crippen molar-refractivity contribution < 1.29 is 9.21 Å². The Bertz CT molecular complexity index is 407. The quantitative estimate of drug-likeness (QED) is 0.572. The van der Waals surface area contributed by atoms with Crippen molar-refractivity contribution in [1.29, 1.82) is 0 Å². The minimum atomic E-state index is 0.620. The van der Waals surface area contributed by atoms with E-state index in [1.807, 2.05) is 19.1 Å². The van der Waals surface area contributed by atoms with Gasteiger partial charge in [0.1, 0.15) is 12.0 Å². The van der Waals surface area contributed by atoms with Crippen LogP contribution in [0.25, 0.3) is 0 Å². The van der Waals surface area contributed by atoms with Crippen molar-refractivity contribution in [2.75, 3.05) is 5.73 Å². The molecule has 0 bridgehead atoms. The van der Waals surface area contributed by atoms with Gasteiger partial charge in [-0.1, -0.05) is 12.1 Å². The summed E-state index contributed by atoms with van der Waals surface area (Å²) in [5, 5.41) is 0. The van der Waals surface area contributed by atoms with E-state index in [9.17, 15) is 4.79 Å². The highest BCUT2D eigenvalue weighted by Gasteiger charge is 1.86. The number of aldehydes is 1. The molecule has 0 aliphatic carbocycles. The number of carbonyl (C=O) groups is 1. The predicted octanol–water partition coefficient (Wildman–Crippen LogP) is 2.67. The van der Waals surface area contributed by atoms with Crippen molar-refractivity contribution in [2.24, 2.45) is 0 Å². The monoisotopic (exact) mass is 203 g/mol. The topological polar surface area (TPSA) is 56.2 Å². The first-order valence-electron chi connectivity index (χ1n) is 4.53. The van der Waals surface area contributed by atoms with Crippen LogP contribution in [-0.4, -0.2) is 6.29 Å². The Balaban J connectivity index is 0.000000162. The molecule has 1 aromatic carbocycles. The van der Waals surface area contributed by atoms with Crippen molar-refractivity contribution in [3.8, 4) is 0 Å². The first-order valence-corrected chi connectivity index (χ1v) is 4.53. The zero-order valence-electron chi connectivity index (χ0n) is 8.51. The number of benzene rings is 1. The summed E-state index contributed by atoms with van der Waals surface area (Å²) in [6, 6.07) is 10.6. The number of hydrogen-bond donors (Lipinski definition) is 1. The van der Waals surface area contributed by atoms with Gasteiger partial charge < -0.3 is 10.2 Å². The van der Waals surface area contributed by atoms with Gasteiger partial charge in [-0.2, -0.15) is 0 Å². The largest absolute Gasteiger partial charge is 0.470 e. The third-order valence-corrected chi connectivity index (χ3v) is 1.71. The van der Waals surface area contributed by atoms with Gasteiger partial charge in [-0.3, -0.25) is 4.79 Å². The molecule has 0 saturated heterocycles. The van der Waals surface area contributed by atoms with E-state index < -0.39 is 0 Å². The van der Waals surface area contributed by atoms with E-state index in [1.54, 1.807) is 30.5 Å². The Kier molecular flexibility index (Phi) is 4.16. The molecule has 2 N–H and O–H groups in total. The second-order valence-corrected chi connectivity index (χ2v) is 3.01. The number of nitrogens with two attached hydrogens (primary N) is 1. The molecule has 0 aliphatic heterocycles. The van der Waals surface area contributed by atoms with Crippen LogP contribution in [-0.2, 0) is 0 Å². The number of furan rings is 1. The van der Waals surface area contributed by atoms with Crippen molar-refractivity contribution in [1.82, 2.24) is 0 Å². The molecule has 0 aliphatic rings. The third-order valence-electron chi connectivity index (χ3n) is 1.71. The summed E-state index contributed by atoms with van der Waals surface area (Å²) in [4.78, 5) is 10.1. The van der Waals surface area contributed by atoms with Crippen LogP contribution >= 0.6 is 0 Å². The smallest absolute Gasteiger partial charge is 0.150 e. The van der Waals surface area contributed by atoms with E-state index in [4.69, 9.17) is 10.2 Å². The van der Waals surface area contributed by atoms with Gasteiger partial charge in [0.25, 0.3) is 0 Å². The van der Waals surface area contributed by atoms with Gasteiger partial charge in [-0.25, -0.2) is 0 Å². The highest BCUT2D eigenvalue weighted by Crippen LogP contribution is 2.02. The lowest BCUT2D eigenvalue weighted by Crippen LogP contribution is -1.85. The van der Waals surface area contributed by atoms with E-state index in [-0.39, 0.29) is 0 Å². The minimum absolute atomic E-state index is 0.620. The summed E-state index contributed by atoms with van der Waals surface area (Å²) in [6.07, 6.45) is 2.44. The molecule has 0 fully saturated rings. The number of hydrogen-bond acceptors (Lipinski definition) is 3. The van der Waals surface area contributed by atoms with E-state index >= 15 is 0 Å². The highest BCUT2D eigenvalue weighted by molar-refractivity contribution is 5.76. The molecule has 15 heavy (non-hydrogen) atoms. The number of anilines is 1.